The summed E-state index contributed by atoms with van der Waals surface area (Å²) in [6, 6.07) is 5.14. The van der Waals surface area contributed by atoms with Crippen LogP contribution < -0.4 is 5.43 Å². The van der Waals surface area contributed by atoms with Crippen LogP contribution in [0.4, 0.5) is 0 Å². The van der Waals surface area contributed by atoms with Gasteiger partial charge in [0.2, 0.25) is 0 Å². The fraction of sp³-hybridized carbons (Fsp3) is 0. The Bertz CT molecular complexity index is 684. The van der Waals surface area contributed by atoms with Crippen molar-refractivity contribution in [3.63, 3.8) is 0 Å². The number of nitrogens with one attached hydrogen (secondary N) is 2. The molecule has 17 heavy (non-hydrogen) atoms. The van der Waals surface area contributed by atoms with E-state index in [1.54, 1.807) is 24.4 Å². The van der Waals surface area contributed by atoms with Crippen LogP contribution >= 0.6 is 0 Å². The summed E-state index contributed by atoms with van der Waals surface area (Å²) < 4.78 is 0. The normalized spacial score (nSPS) is 14.1. The first-order valence-corrected chi connectivity index (χ1v) is 4.90. The summed E-state index contributed by atoms with van der Waals surface area (Å²) in [6.45, 7) is 0. The van der Waals surface area contributed by atoms with Gasteiger partial charge in [0.25, 0.3) is 5.91 Å². The first-order valence-electron chi connectivity index (χ1n) is 4.90. The van der Waals surface area contributed by atoms with Gasteiger partial charge in [0.15, 0.2) is 5.71 Å². The molecule has 0 saturated carbocycles. The van der Waals surface area contributed by atoms with Gasteiger partial charge < -0.3 is 10.1 Å². The highest BCUT2D eigenvalue weighted by atomic mass is 16.4. The van der Waals surface area contributed by atoms with Gasteiger partial charge in [-0.05, 0) is 12.1 Å². The van der Waals surface area contributed by atoms with Crippen LogP contribution in [-0.4, -0.2) is 27.7 Å². The summed E-state index contributed by atoms with van der Waals surface area (Å²) >= 11 is 0. The Hall–Kier alpha value is -2.63. The van der Waals surface area contributed by atoms with Crippen molar-refractivity contribution in [2.75, 3.05) is 0 Å². The third kappa shape index (κ3) is 1.24. The maximum Gasteiger partial charge on any atom is 0.357 e. The van der Waals surface area contributed by atoms with E-state index in [0.29, 0.717) is 22.0 Å². The Morgan fingerprint density at radius 2 is 2.12 bits per heavy atom. The van der Waals surface area contributed by atoms with E-state index in [2.05, 4.69) is 15.5 Å². The maximum atomic E-state index is 11.7. The molecule has 0 fully saturated rings. The summed E-state index contributed by atoms with van der Waals surface area (Å²) in [7, 11) is 0. The smallest absolute Gasteiger partial charge is 0.357 e. The van der Waals surface area contributed by atoms with Gasteiger partial charge in [-0.3, -0.25) is 4.79 Å². The van der Waals surface area contributed by atoms with Crippen molar-refractivity contribution in [1.29, 1.82) is 0 Å². The third-order valence-corrected chi connectivity index (χ3v) is 2.68. The van der Waals surface area contributed by atoms with Gasteiger partial charge in [-0.25, -0.2) is 10.2 Å². The second kappa shape index (κ2) is 3.18. The van der Waals surface area contributed by atoms with Crippen LogP contribution in [0.2, 0.25) is 0 Å². The van der Waals surface area contributed by atoms with Crippen molar-refractivity contribution in [3.05, 3.63) is 35.5 Å². The number of carboxylic acid groups (broad SMARTS) is 1. The van der Waals surface area contributed by atoms with Crippen LogP contribution in [-0.2, 0) is 4.79 Å². The molecule has 0 saturated heterocycles. The highest BCUT2D eigenvalue weighted by Crippen LogP contribution is 2.25. The van der Waals surface area contributed by atoms with Crippen LogP contribution in [0.3, 0.4) is 0 Å². The summed E-state index contributed by atoms with van der Waals surface area (Å²) in [6.07, 6.45) is 1.54. The third-order valence-electron chi connectivity index (χ3n) is 2.68. The number of H-pyrrole nitrogens is 1. The monoisotopic (exact) mass is 229 g/mol. The first-order chi connectivity index (χ1) is 8.18. The van der Waals surface area contributed by atoms with E-state index in [0.717, 1.165) is 0 Å². The van der Waals surface area contributed by atoms with Gasteiger partial charge >= 0.3 is 5.97 Å². The molecule has 0 spiro atoms. The molecule has 1 aliphatic heterocycles. The molecule has 1 aliphatic rings. The lowest BCUT2D eigenvalue weighted by atomic mass is 10.0. The van der Waals surface area contributed by atoms with Crippen LogP contribution in [0, 0.1) is 0 Å². The quantitative estimate of drug-likeness (QED) is 0.671. The Morgan fingerprint density at radius 3 is 2.88 bits per heavy atom. The zero-order valence-corrected chi connectivity index (χ0v) is 8.52. The molecule has 6 heteroatoms. The number of aromatic nitrogens is 1. The molecule has 0 bridgehead atoms. The summed E-state index contributed by atoms with van der Waals surface area (Å²) in [5.41, 5.74) is 3.60. The number of aromatic amines is 1. The summed E-state index contributed by atoms with van der Waals surface area (Å²) in [5, 5.41) is 13.2. The van der Waals surface area contributed by atoms with Crippen molar-refractivity contribution in [3.8, 4) is 0 Å². The predicted molar refractivity (Wildman–Crippen MR) is 59.9 cm³/mol. The second-order valence-corrected chi connectivity index (χ2v) is 3.64. The van der Waals surface area contributed by atoms with E-state index >= 15 is 0 Å². The SMILES string of the molecule is O=C(O)C1=NNC(=O)c2cccc3[nH]cc1c23. The average molecular weight is 229 g/mol. The molecule has 84 valence electrons. The van der Waals surface area contributed by atoms with E-state index in [1.165, 1.54) is 0 Å². The molecular weight excluding hydrogens is 222 g/mol. The van der Waals surface area contributed by atoms with Gasteiger partial charge in [-0.15, -0.1) is 0 Å². The number of aliphatic carboxylic acids is 1. The lowest BCUT2D eigenvalue weighted by Gasteiger charge is -1.98. The minimum absolute atomic E-state index is 0.172. The molecule has 0 aliphatic carbocycles. The Kier molecular flexibility index (Phi) is 1.79. The fourth-order valence-corrected chi connectivity index (χ4v) is 1.95. The lowest BCUT2D eigenvalue weighted by Crippen LogP contribution is -2.20. The van der Waals surface area contributed by atoms with Crippen molar-refractivity contribution in [2.24, 2.45) is 5.10 Å². The molecule has 1 aromatic carbocycles. The van der Waals surface area contributed by atoms with E-state index in [4.69, 9.17) is 5.11 Å². The number of nitrogens with zero attached hydrogens (tertiary/aromatic N) is 1. The number of carbonyl (C=O) groups is 2. The molecule has 3 rings (SSSR count). The summed E-state index contributed by atoms with van der Waals surface area (Å²) in [5.74, 6) is -1.59. The minimum atomic E-state index is -1.18. The molecule has 1 amide bonds. The Labute approximate surface area is 94.9 Å². The van der Waals surface area contributed by atoms with Crippen LogP contribution in [0.1, 0.15) is 15.9 Å². The zero-order valence-electron chi connectivity index (χ0n) is 8.52. The van der Waals surface area contributed by atoms with Gasteiger partial charge in [-0.1, -0.05) is 6.07 Å². The number of benzene rings is 1. The van der Waals surface area contributed by atoms with Crippen molar-refractivity contribution in [1.82, 2.24) is 10.4 Å². The standard InChI is InChI=1S/C11H7N3O3/c15-10-5-2-1-3-7-8(5)6(4-12-7)9(11(16)17)13-14-10/h1-4,12H,(H,14,15)(H,16,17). The Morgan fingerprint density at radius 1 is 1.29 bits per heavy atom. The summed E-state index contributed by atoms with van der Waals surface area (Å²) in [4.78, 5) is 25.7. The van der Waals surface area contributed by atoms with E-state index in [9.17, 15) is 9.59 Å². The van der Waals surface area contributed by atoms with E-state index in [-0.39, 0.29) is 5.71 Å². The molecule has 0 atom stereocenters. The second-order valence-electron chi connectivity index (χ2n) is 3.64. The van der Waals surface area contributed by atoms with Gasteiger partial charge in [0, 0.05) is 22.7 Å². The van der Waals surface area contributed by atoms with Gasteiger partial charge in [0.1, 0.15) is 0 Å². The van der Waals surface area contributed by atoms with Crippen molar-refractivity contribution >= 4 is 28.5 Å². The molecule has 0 unspecified atom stereocenters. The zero-order chi connectivity index (χ0) is 12.0. The number of hydrogen-bond acceptors (Lipinski definition) is 3. The highest BCUT2D eigenvalue weighted by Gasteiger charge is 2.24. The highest BCUT2D eigenvalue weighted by molar-refractivity contribution is 6.45. The molecule has 0 radical (unpaired) electrons. The average Bonchev–Trinajstić information content (AvgIpc) is 2.66. The predicted octanol–water partition coefficient (Wildman–Crippen LogP) is 0.700. The van der Waals surface area contributed by atoms with Crippen molar-refractivity contribution < 1.29 is 14.7 Å². The molecule has 1 aromatic heterocycles. The molecule has 2 heterocycles. The molecule has 6 nitrogen and oxygen atoms in total. The van der Waals surface area contributed by atoms with E-state index < -0.39 is 11.9 Å². The number of carboxylic acids is 1. The first kappa shape index (κ1) is 9.59. The number of rotatable bonds is 1. The topological polar surface area (TPSA) is 94.5 Å². The number of carbonyl (C=O) groups excluding carboxylic acids is 1. The van der Waals surface area contributed by atoms with Gasteiger partial charge in [0.05, 0.1) is 5.56 Å². The minimum Gasteiger partial charge on any atom is -0.476 e. The maximum absolute atomic E-state index is 11.7. The van der Waals surface area contributed by atoms with E-state index in [1.807, 2.05) is 0 Å². The molecular formula is C11H7N3O3. The molecule has 3 N–H and O–H groups in total. The van der Waals surface area contributed by atoms with Crippen molar-refractivity contribution in [2.45, 2.75) is 0 Å². The number of hydrazone groups is 1. The molecule has 2 aromatic rings. The van der Waals surface area contributed by atoms with Crippen LogP contribution in [0.5, 0.6) is 0 Å². The van der Waals surface area contributed by atoms with Crippen LogP contribution in [0.25, 0.3) is 10.9 Å². The Balaban J connectivity index is 2.44. The number of hydrogen-bond donors (Lipinski definition) is 3. The largest absolute Gasteiger partial charge is 0.476 e. The van der Waals surface area contributed by atoms with Gasteiger partial charge in [-0.2, -0.15) is 5.10 Å². The van der Waals surface area contributed by atoms with Crippen LogP contribution in [0.15, 0.2) is 29.5 Å². The number of amides is 1. The lowest BCUT2D eigenvalue weighted by molar-refractivity contribution is -0.129. The fourth-order valence-electron chi connectivity index (χ4n) is 1.95.